The number of halogens is 1. The highest BCUT2D eigenvalue weighted by Gasteiger charge is 2.58. The first-order chi connectivity index (χ1) is 16.5. The van der Waals surface area contributed by atoms with Gasteiger partial charge in [0, 0.05) is 38.8 Å². The van der Waals surface area contributed by atoms with E-state index >= 15 is 0 Å². The van der Waals surface area contributed by atoms with Crippen LogP contribution in [0.3, 0.4) is 0 Å². The molecule has 3 aromatic carbocycles. The number of anilines is 2. The van der Waals surface area contributed by atoms with Crippen LogP contribution in [0.15, 0.2) is 82.6 Å². The lowest BCUT2D eigenvalue weighted by Gasteiger charge is -2.32. The maximum Gasteiger partial charge on any atom is 0.266 e. The molecule has 1 saturated heterocycles. The molecule has 8 heteroatoms. The molecule has 1 fully saturated rings. The quantitative estimate of drug-likeness (QED) is 0.338. The van der Waals surface area contributed by atoms with E-state index in [9.17, 15) is 9.59 Å². The van der Waals surface area contributed by atoms with Gasteiger partial charge in [0.05, 0.1) is 16.5 Å². The molecule has 4 aromatic rings. The Morgan fingerprint density at radius 3 is 2.56 bits per heavy atom. The molecule has 0 bridgehead atoms. The number of benzene rings is 3. The summed E-state index contributed by atoms with van der Waals surface area (Å²) in [7, 11) is 0. The Balaban J connectivity index is 1.29. The molecule has 0 aliphatic carbocycles. The Hall–Kier alpha value is -2.94. The number of hydrogen-bond acceptors (Lipinski definition) is 5. The van der Waals surface area contributed by atoms with Gasteiger partial charge in [-0.05, 0) is 35.9 Å². The Kier molecular flexibility index (Phi) is 5.32. The highest BCUT2D eigenvalue weighted by atomic mass is 79.9. The molecule has 1 atom stereocenters. The van der Waals surface area contributed by atoms with Crippen LogP contribution in [0.2, 0.25) is 0 Å². The van der Waals surface area contributed by atoms with E-state index in [0.717, 1.165) is 38.4 Å². The predicted molar refractivity (Wildman–Crippen MR) is 141 cm³/mol. The van der Waals surface area contributed by atoms with Gasteiger partial charge in [-0.15, -0.1) is 23.1 Å². The van der Waals surface area contributed by atoms with Crippen LogP contribution in [-0.2, 0) is 20.9 Å². The minimum Gasteiger partial charge on any atom is -0.323 e. The van der Waals surface area contributed by atoms with Gasteiger partial charge in [-0.2, -0.15) is 0 Å². The van der Waals surface area contributed by atoms with Crippen molar-refractivity contribution < 1.29 is 9.59 Å². The zero-order chi connectivity index (χ0) is 23.3. The summed E-state index contributed by atoms with van der Waals surface area (Å²) in [4.78, 5) is 31.5. The SMILES string of the molecule is O=C1CSC2(C(=O)Nc3ccccc32)N1c1ccc(-c2csc(Cc3ccc(Br)cc3)n2)cc1. The Morgan fingerprint density at radius 1 is 1.00 bits per heavy atom. The zero-order valence-electron chi connectivity index (χ0n) is 17.8. The van der Waals surface area contributed by atoms with Crippen LogP contribution in [0.25, 0.3) is 11.3 Å². The highest BCUT2D eigenvalue weighted by Crippen LogP contribution is 2.53. The fourth-order valence-electron chi connectivity index (χ4n) is 4.46. The van der Waals surface area contributed by atoms with Gasteiger partial charge in [-0.3, -0.25) is 14.5 Å². The first kappa shape index (κ1) is 21.6. The monoisotopic (exact) mass is 547 g/mol. The maximum absolute atomic E-state index is 13.1. The minimum atomic E-state index is -1.06. The summed E-state index contributed by atoms with van der Waals surface area (Å²) in [5, 5.41) is 6.05. The fraction of sp³-hybridized carbons (Fsp3) is 0.115. The second kappa shape index (κ2) is 8.37. The summed E-state index contributed by atoms with van der Waals surface area (Å²) < 4.78 is 1.06. The summed E-state index contributed by atoms with van der Waals surface area (Å²) in [6.07, 6.45) is 0.784. The molecule has 1 unspecified atom stereocenters. The van der Waals surface area contributed by atoms with Crippen LogP contribution >= 0.6 is 39.0 Å². The Labute approximate surface area is 213 Å². The number of carbonyl (C=O) groups is 2. The van der Waals surface area contributed by atoms with Crippen LogP contribution in [0.4, 0.5) is 11.4 Å². The number of carbonyl (C=O) groups excluding carboxylic acids is 2. The average Bonchev–Trinajstić information content (AvgIpc) is 3.53. The number of aromatic nitrogens is 1. The molecule has 0 radical (unpaired) electrons. The first-order valence-electron chi connectivity index (χ1n) is 10.7. The van der Waals surface area contributed by atoms with Crippen molar-refractivity contribution in [1.29, 1.82) is 0 Å². The summed E-state index contributed by atoms with van der Waals surface area (Å²) >= 11 is 6.48. The van der Waals surface area contributed by atoms with Crippen molar-refractivity contribution >= 4 is 62.2 Å². The fourth-order valence-corrected chi connectivity index (χ4v) is 6.88. The van der Waals surface area contributed by atoms with Crippen molar-refractivity contribution in [1.82, 2.24) is 4.98 Å². The van der Waals surface area contributed by atoms with Crippen LogP contribution in [-0.4, -0.2) is 22.6 Å². The van der Waals surface area contributed by atoms with Gasteiger partial charge in [0.1, 0.15) is 0 Å². The van der Waals surface area contributed by atoms with E-state index < -0.39 is 4.87 Å². The van der Waals surface area contributed by atoms with Gasteiger partial charge in [0.2, 0.25) is 10.8 Å². The number of fused-ring (bicyclic) bond motifs is 2. The van der Waals surface area contributed by atoms with E-state index in [1.807, 2.05) is 60.7 Å². The lowest BCUT2D eigenvalue weighted by molar-refractivity contribution is -0.122. The van der Waals surface area contributed by atoms with Crippen LogP contribution in [0, 0.1) is 0 Å². The topological polar surface area (TPSA) is 62.3 Å². The normalized spacial score (nSPS) is 19.0. The van der Waals surface area contributed by atoms with Crippen molar-refractivity contribution in [2.24, 2.45) is 0 Å². The third kappa shape index (κ3) is 3.48. The molecule has 34 heavy (non-hydrogen) atoms. The Morgan fingerprint density at radius 2 is 1.76 bits per heavy atom. The summed E-state index contributed by atoms with van der Waals surface area (Å²) in [6.45, 7) is 0. The molecule has 1 spiro atoms. The summed E-state index contributed by atoms with van der Waals surface area (Å²) in [5.74, 6) is 0.00964. The molecule has 1 aromatic heterocycles. The van der Waals surface area contributed by atoms with E-state index in [2.05, 4.69) is 38.8 Å². The molecular weight excluding hydrogens is 530 g/mol. The van der Waals surface area contributed by atoms with Crippen molar-refractivity contribution in [2.45, 2.75) is 11.3 Å². The lowest BCUT2D eigenvalue weighted by Crippen LogP contribution is -2.47. The number of amides is 2. The third-order valence-electron chi connectivity index (χ3n) is 6.06. The van der Waals surface area contributed by atoms with Crippen LogP contribution < -0.4 is 10.2 Å². The van der Waals surface area contributed by atoms with Gasteiger partial charge in [0.15, 0.2) is 0 Å². The second-order valence-corrected chi connectivity index (χ2v) is 11.2. The summed E-state index contributed by atoms with van der Waals surface area (Å²) in [6, 6.07) is 23.6. The molecule has 3 heterocycles. The first-order valence-corrected chi connectivity index (χ1v) is 13.4. The third-order valence-corrected chi connectivity index (χ3v) is 8.83. The van der Waals surface area contributed by atoms with Crippen LogP contribution in [0.5, 0.6) is 0 Å². The molecule has 5 nitrogen and oxygen atoms in total. The van der Waals surface area contributed by atoms with Gasteiger partial charge >= 0.3 is 0 Å². The number of para-hydroxylation sites is 1. The molecular formula is C26H18BrN3O2S2. The standard InChI is InChI=1S/C26H18BrN3O2S2/c27-18-9-5-16(6-10-18)13-23-28-22(14-33-23)17-7-11-19(12-8-17)30-24(31)15-34-26(30)20-3-1-2-4-21(20)29-25(26)32/h1-12,14H,13,15H2,(H,29,32). The van der Waals surface area contributed by atoms with Crippen molar-refractivity contribution in [2.75, 3.05) is 16.0 Å². The predicted octanol–water partition coefficient (Wildman–Crippen LogP) is 6.05. The summed E-state index contributed by atoms with van der Waals surface area (Å²) in [5.41, 5.74) is 5.39. The van der Waals surface area contributed by atoms with Gasteiger partial charge in [0.25, 0.3) is 5.91 Å². The smallest absolute Gasteiger partial charge is 0.266 e. The molecule has 2 aliphatic heterocycles. The van der Waals surface area contributed by atoms with Crippen molar-refractivity contribution in [3.63, 3.8) is 0 Å². The van der Waals surface area contributed by atoms with Crippen molar-refractivity contribution in [3.05, 3.63) is 98.8 Å². The average molecular weight is 548 g/mol. The zero-order valence-corrected chi connectivity index (χ0v) is 21.0. The van der Waals surface area contributed by atoms with Crippen LogP contribution in [0.1, 0.15) is 16.1 Å². The van der Waals surface area contributed by atoms with E-state index in [1.165, 1.54) is 17.3 Å². The highest BCUT2D eigenvalue weighted by molar-refractivity contribution is 9.10. The molecule has 2 aliphatic rings. The van der Waals surface area contributed by atoms with Gasteiger partial charge in [-0.25, -0.2) is 4.98 Å². The van der Waals surface area contributed by atoms with E-state index in [0.29, 0.717) is 5.69 Å². The van der Waals surface area contributed by atoms with Gasteiger partial charge < -0.3 is 5.32 Å². The number of hydrogen-bond donors (Lipinski definition) is 1. The maximum atomic E-state index is 13.1. The molecule has 2 amide bonds. The number of rotatable bonds is 4. The molecule has 168 valence electrons. The van der Waals surface area contributed by atoms with E-state index in [-0.39, 0.29) is 17.6 Å². The Bertz CT molecular complexity index is 1420. The molecule has 0 saturated carbocycles. The number of nitrogens with zero attached hydrogens (tertiary/aromatic N) is 2. The van der Waals surface area contributed by atoms with E-state index in [4.69, 9.17) is 4.98 Å². The minimum absolute atomic E-state index is 0.0740. The number of nitrogens with one attached hydrogen (secondary N) is 1. The second-order valence-electron chi connectivity index (χ2n) is 8.14. The van der Waals surface area contributed by atoms with E-state index in [1.54, 1.807) is 16.2 Å². The lowest BCUT2D eigenvalue weighted by atomic mass is 10.0. The van der Waals surface area contributed by atoms with Crippen molar-refractivity contribution in [3.8, 4) is 11.3 Å². The molecule has 6 rings (SSSR count). The number of thiazole rings is 1. The van der Waals surface area contributed by atoms with Gasteiger partial charge in [-0.1, -0.05) is 58.4 Å². The molecule has 1 N–H and O–H groups in total. The number of thioether (sulfide) groups is 1. The largest absolute Gasteiger partial charge is 0.323 e.